The van der Waals surface area contributed by atoms with Gasteiger partial charge in [-0.3, -0.25) is 9.48 Å². The van der Waals surface area contributed by atoms with Gasteiger partial charge in [0.25, 0.3) is 0 Å². The van der Waals surface area contributed by atoms with Crippen molar-refractivity contribution < 1.29 is 23.1 Å². The summed E-state index contributed by atoms with van der Waals surface area (Å²) in [7, 11) is -3.71. The van der Waals surface area contributed by atoms with Crippen LogP contribution in [0.15, 0.2) is 53.4 Å². The van der Waals surface area contributed by atoms with Crippen molar-refractivity contribution in [1.82, 2.24) is 14.1 Å². The van der Waals surface area contributed by atoms with Crippen LogP contribution in [0, 0.1) is 5.41 Å². The van der Waals surface area contributed by atoms with Gasteiger partial charge in [-0.2, -0.15) is 9.40 Å². The molecule has 0 radical (unpaired) electrons. The van der Waals surface area contributed by atoms with Gasteiger partial charge in [0.1, 0.15) is 5.75 Å². The van der Waals surface area contributed by atoms with Crippen molar-refractivity contribution >= 4 is 26.9 Å². The Kier molecular flexibility index (Phi) is 5.72. The first kappa shape index (κ1) is 22.3. The van der Waals surface area contributed by atoms with Crippen molar-refractivity contribution in [3.8, 4) is 5.75 Å². The standard InChI is InChI=1S/C23H27N3O5S/c1-4-31-16-9-11-17(12-10-16)32(29,30)25-14-21(23(2,3)15-25)26-20-8-6-5-7-18(20)19(24-26)13-22(27)28/h5-12,21H,4,13-15H2,1-3H3,(H,27,28)/t21-/m0/s1. The number of nitrogens with zero attached hydrogens (tertiary/aromatic N) is 3. The zero-order valence-corrected chi connectivity index (χ0v) is 19.2. The van der Waals surface area contributed by atoms with Crippen LogP contribution in [0.3, 0.4) is 0 Å². The largest absolute Gasteiger partial charge is 0.494 e. The Balaban J connectivity index is 1.69. The molecule has 0 bridgehead atoms. The molecular formula is C23H27N3O5S. The van der Waals surface area contributed by atoms with Gasteiger partial charge >= 0.3 is 5.97 Å². The molecule has 1 atom stereocenters. The third kappa shape index (κ3) is 3.98. The zero-order chi connectivity index (χ0) is 23.1. The maximum Gasteiger partial charge on any atom is 0.309 e. The molecule has 8 nitrogen and oxygen atoms in total. The average Bonchev–Trinajstić information content (AvgIpc) is 3.25. The number of fused-ring (bicyclic) bond motifs is 1. The molecule has 1 saturated heterocycles. The Morgan fingerprint density at radius 3 is 2.53 bits per heavy atom. The molecule has 0 aliphatic carbocycles. The second kappa shape index (κ2) is 8.22. The minimum absolute atomic E-state index is 0.186. The Bertz CT molecular complexity index is 1250. The van der Waals surface area contributed by atoms with Crippen molar-refractivity contribution in [2.75, 3.05) is 19.7 Å². The van der Waals surface area contributed by atoms with Crippen LogP contribution in [-0.4, -0.2) is 53.3 Å². The Morgan fingerprint density at radius 2 is 1.88 bits per heavy atom. The number of rotatable bonds is 7. The van der Waals surface area contributed by atoms with E-state index in [9.17, 15) is 18.3 Å². The number of aliphatic carboxylic acids is 1. The van der Waals surface area contributed by atoms with Crippen LogP contribution in [0.4, 0.5) is 0 Å². The van der Waals surface area contributed by atoms with Crippen molar-refractivity contribution in [1.29, 1.82) is 0 Å². The number of hydrogen-bond acceptors (Lipinski definition) is 5. The lowest BCUT2D eigenvalue weighted by Gasteiger charge is -2.26. The van der Waals surface area contributed by atoms with E-state index in [1.165, 1.54) is 4.31 Å². The van der Waals surface area contributed by atoms with Crippen LogP contribution in [0.5, 0.6) is 5.75 Å². The van der Waals surface area contributed by atoms with Crippen LogP contribution in [0.2, 0.25) is 0 Å². The molecule has 0 unspecified atom stereocenters. The van der Waals surface area contributed by atoms with E-state index in [1.54, 1.807) is 28.9 Å². The predicted molar refractivity (Wildman–Crippen MR) is 120 cm³/mol. The van der Waals surface area contributed by atoms with E-state index in [0.29, 0.717) is 24.6 Å². The summed E-state index contributed by atoms with van der Waals surface area (Å²) in [4.78, 5) is 11.5. The minimum Gasteiger partial charge on any atom is -0.494 e. The number of ether oxygens (including phenoxy) is 1. The topological polar surface area (TPSA) is 102 Å². The lowest BCUT2D eigenvalue weighted by Crippen LogP contribution is -2.30. The molecule has 0 saturated carbocycles. The minimum atomic E-state index is -3.71. The van der Waals surface area contributed by atoms with Gasteiger partial charge in [0.05, 0.1) is 35.2 Å². The molecule has 1 aliphatic heterocycles. The van der Waals surface area contributed by atoms with E-state index in [-0.39, 0.29) is 23.9 Å². The van der Waals surface area contributed by atoms with E-state index >= 15 is 0 Å². The number of carboxylic acid groups (broad SMARTS) is 1. The van der Waals surface area contributed by atoms with Gasteiger partial charge in [0.15, 0.2) is 0 Å². The van der Waals surface area contributed by atoms with Crippen LogP contribution in [0.1, 0.15) is 32.5 Å². The highest BCUT2D eigenvalue weighted by atomic mass is 32.2. The monoisotopic (exact) mass is 457 g/mol. The number of hydrogen-bond donors (Lipinski definition) is 1. The molecule has 2 heterocycles. The molecule has 1 fully saturated rings. The average molecular weight is 458 g/mol. The normalized spacial score (nSPS) is 18.8. The van der Waals surface area contributed by atoms with Gasteiger partial charge in [-0.15, -0.1) is 0 Å². The first-order valence-electron chi connectivity index (χ1n) is 10.5. The van der Waals surface area contributed by atoms with E-state index in [4.69, 9.17) is 4.74 Å². The van der Waals surface area contributed by atoms with Gasteiger partial charge in [0.2, 0.25) is 10.0 Å². The maximum absolute atomic E-state index is 13.4. The SMILES string of the molecule is CCOc1ccc(S(=O)(=O)N2C[C@H](n3nc(CC(=O)O)c4ccccc43)C(C)(C)C2)cc1. The van der Waals surface area contributed by atoms with Gasteiger partial charge in [-0.25, -0.2) is 8.42 Å². The molecule has 0 amide bonds. The third-order valence-corrected chi connectivity index (χ3v) is 7.77. The van der Waals surface area contributed by atoms with Gasteiger partial charge in [-0.05, 0) is 37.3 Å². The highest BCUT2D eigenvalue weighted by molar-refractivity contribution is 7.89. The fraction of sp³-hybridized carbons (Fsp3) is 0.391. The molecule has 0 spiro atoms. The number of carbonyl (C=O) groups is 1. The van der Waals surface area contributed by atoms with Crippen LogP contribution in [-0.2, 0) is 21.2 Å². The molecule has 1 aromatic heterocycles. The molecule has 170 valence electrons. The number of benzene rings is 2. The Hall–Kier alpha value is -2.91. The third-order valence-electron chi connectivity index (χ3n) is 5.94. The lowest BCUT2D eigenvalue weighted by atomic mass is 9.88. The molecule has 1 N–H and O–H groups in total. The van der Waals surface area contributed by atoms with Crippen molar-refractivity contribution in [3.63, 3.8) is 0 Å². The van der Waals surface area contributed by atoms with E-state index < -0.39 is 21.4 Å². The van der Waals surface area contributed by atoms with Gasteiger partial charge < -0.3 is 9.84 Å². The van der Waals surface area contributed by atoms with Gasteiger partial charge in [-0.1, -0.05) is 32.0 Å². The molecule has 2 aromatic carbocycles. The van der Waals surface area contributed by atoms with Crippen molar-refractivity contribution in [2.45, 2.75) is 38.1 Å². The molecular weight excluding hydrogens is 430 g/mol. The van der Waals surface area contributed by atoms with Crippen LogP contribution < -0.4 is 4.74 Å². The highest BCUT2D eigenvalue weighted by Gasteiger charge is 2.46. The molecule has 1 aliphatic rings. The first-order chi connectivity index (χ1) is 15.1. The van der Waals surface area contributed by atoms with E-state index in [1.807, 2.05) is 45.0 Å². The summed E-state index contributed by atoms with van der Waals surface area (Å²) >= 11 is 0. The predicted octanol–water partition coefficient (Wildman–Crippen LogP) is 3.33. The zero-order valence-electron chi connectivity index (χ0n) is 18.4. The van der Waals surface area contributed by atoms with Crippen molar-refractivity contribution in [3.05, 3.63) is 54.2 Å². The summed E-state index contributed by atoms with van der Waals surface area (Å²) in [5.74, 6) is -0.328. The lowest BCUT2D eigenvalue weighted by molar-refractivity contribution is -0.136. The van der Waals surface area contributed by atoms with Crippen LogP contribution in [0.25, 0.3) is 10.9 Å². The molecule has 4 rings (SSSR count). The number of carboxylic acids is 1. The summed E-state index contributed by atoms with van der Waals surface area (Å²) in [5, 5.41) is 14.7. The summed E-state index contributed by atoms with van der Waals surface area (Å²) in [6.07, 6.45) is -0.186. The molecule has 3 aromatic rings. The first-order valence-corrected chi connectivity index (χ1v) is 12.0. The number of sulfonamides is 1. The fourth-order valence-corrected chi connectivity index (χ4v) is 5.96. The quantitative estimate of drug-likeness (QED) is 0.584. The second-order valence-electron chi connectivity index (χ2n) is 8.69. The van der Waals surface area contributed by atoms with Crippen molar-refractivity contribution in [2.24, 2.45) is 5.41 Å². The summed E-state index contributed by atoms with van der Waals surface area (Å²) in [6.45, 7) is 6.99. The Labute approximate surface area is 187 Å². The highest BCUT2D eigenvalue weighted by Crippen LogP contribution is 2.42. The van der Waals surface area contributed by atoms with Crippen LogP contribution >= 0.6 is 0 Å². The number of aromatic nitrogens is 2. The summed E-state index contributed by atoms with van der Waals surface area (Å²) < 4.78 is 35.4. The fourth-order valence-electron chi connectivity index (χ4n) is 4.35. The molecule has 32 heavy (non-hydrogen) atoms. The van der Waals surface area contributed by atoms with Gasteiger partial charge in [0, 0.05) is 23.9 Å². The maximum atomic E-state index is 13.4. The van der Waals surface area contributed by atoms with E-state index in [0.717, 1.165) is 10.9 Å². The summed E-state index contributed by atoms with van der Waals surface area (Å²) in [6, 6.07) is 13.7. The Morgan fingerprint density at radius 1 is 1.19 bits per heavy atom. The molecule has 9 heteroatoms. The second-order valence-corrected chi connectivity index (χ2v) is 10.6. The van der Waals surface area contributed by atoms with E-state index in [2.05, 4.69) is 5.10 Å². The smallest absolute Gasteiger partial charge is 0.309 e. The summed E-state index contributed by atoms with van der Waals surface area (Å²) in [5.41, 5.74) is 0.882. The number of para-hydroxylation sites is 1.